The largest absolute Gasteiger partial charge is 0.506 e. The Morgan fingerprint density at radius 2 is 2.00 bits per heavy atom. The molecule has 4 nitrogen and oxygen atoms in total. The van der Waals surface area contributed by atoms with Gasteiger partial charge in [-0.2, -0.15) is 5.26 Å². The number of allylic oxidation sites excluding steroid dienone is 1. The smallest absolute Gasteiger partial charge is 0.153 e. The molecule has 0 spiro atoms. The number of benzene rings is 2. The number of fused-ring (bicyclic) bond motifs is 1. The number of halogens is 1. The van der Waals surface area contributed by atoms with Crippen LogP contribution in [0.15, 0.2) is 53.0 Å². The van der Waals surface area contributed by atoms with E-state index in [1.165, 1.54) is 0 Å². The van der Waals surface area contributed by atoms with Gasteiger partial charge in [0, 0.05) is 10.0 Å². The highest BCUT2D eigenvalue weighted by molar-refractivity contribution is 9.10. The first kappa shape index (κ1) is 13.4. The standard InChI is InChI=1S/C16H10BrN3O/c17-11-5-3-4-10(8-11)15(21)12(9-18)16-19-13-6-1-2-7-14(13)20-16/h1-8,21H,(H,19,20). The number of hydrogen-bond acceptors (Lipinski definition) is 3. The summed E-state index contributed by atoms with van der Waals surface area (Å²) >= 11 is 3.35. The van der Waals surface area contributed by atoms with Gasteiger partial charge in [0.05, 0.1) is 11.0 Å². The second kappa shape index (κ2) is 5.43. The molecule has 0 atom stereocenters. The van der Waals surface area contributed by atoms with Gasteiger partial charge in [0.25, 0.3) is 0 Å². The summed E-state index contributed by atoms with van der Waals surface area (Å²) in [7, 11) is 0. The molecule has 3 rings (SSSR count). The normalized spacial score (nSPS) is 12.0. The second-order valence-electron chi connectivity index (χ2n) is 4.45. The predicted octanol–water partition coefficient (Wildman–Crippen LogP) is 4.28. The third-order valence-corrected chi connectivity index (χ3v) is 3.57. The van der Waals surface area contributed by atoms with E-state index < -0.39 is 0 Å². The summed E-state index contributed by atoms with van der Waals surface area (Å²) < 4.78 is 0.827. The van der Waals surface area contributed by atoms with Crippen molar-refractivity contribution in [2.45, 2.75) is 0 Å². The van der Waals surface area contributed by atoms with Crippen LogP contribution in [-0.2, 0) is 0 Å². The molecule has 5 heteroatoms. The molecular weight excluding hydrogens is 330 g/mol. The van der Waals surface area contributed by atoms with E-state index in [0.29, 0.717) is 11.4 Å². The third-order valence-electron chi connectivity index (χ3n) is 3.07. The molecule has 102 valence electrons. The van der Waals surface area contributed by atoms with E-state index in [2.05, 4.69) is 25.9 Å². The van der Waals surface area contributed by atoms with Gasteiger partial charge >= 0.3 is 0 Å². The molecule has 2 N–H and O–H groups in total. The number of rotatable bonds is 2. The van der Waals surface area contributed by atoms with Crippen LogP contribution in [0, 0.1) is 11.3 Å². The Morgan fingerprint density at radius 1 is 1.19 bits per heavy atom. The fraction of sp³-hybridized carbons (Fsp3) is 0. The summed E-state index contributed by atoms with van der Waals surface area (Å²) in [6.45, 7) is 0. The lowest BCUT2D eigenvalue weighted by molar-refractivity contribution is 0.514. The maximum atomic E-state index is 10.4. The number of nitriles is 1. The summed E-state index contributed by atoms with van der Waals surface area (Å²) in [5, 5.41) is 19.7. The molecule has 0 radical (unpaired) electrons. The Balaban J connectivity index is 2.17. The molecule has 0 aliphatic carbocycles. The number of aliphatic hydroxyl groups is 1. The Labute approximate surface area is 129 Å². The molecule has 0 unspecified atom stereocenters. The van der Waals surface area contributed by atoms with Gasteiger partial charge in [0.2, 0.25) is 0 Å². The number of hydrogen-bond donors (Lipinski definition) is 2. The summed E-state index contributed by atoms with van der Waals surface area (Å²) in [5.74, 6) is 0.258. The fourth-order valence-electron chi connectivity index (χ4n) is 2.07. The number of aromatic amines is 1. The molecule has 2 aromatic carbocycles. The number of aromatic nitrogens is 2. The van der Waals surface area contributed by atoms with Gasteiger partial charge in [-0.3, -0.25) is 0 Å². The lowest BCUT2D eigenvalue weighted by atomic mass is 10.1. The van der Waals surface area contributed by atoms with E-state index in [4.69, 9.17) is 0 Å². The van der Waals surface area contributed by atoms with Crippen molar-refractivity contribution in [2.24, 2.45) is 0 Å². The summed E-state index contributed by atoms with van der Waals surface area (Å²) in [4.78, 5) is 7.39. The Bertz CT molecular complexity index is 857. The van der Waals surface area contributed by atoms with Crippen molar-refractivity contribution in [3.63, 3.8) is 0 Å². The zero-order valence-corrected chi connectivity index (χ0v) is 12.4. The number of aliphatic hydroxyl groups excluding tert-OH is 1. The molecule has 0 saturated heterocycles. The topological polar surface area (TPSA) is 72.7 Å². The SMILES string of the molecule is N#CC(=C(O)c1cccc(Br)c1)c1nc2ccccc2[nH]1. The highest BCUT2D eigenvalue weighted by atomic mass is 79.9. The molecule has 1 heterocycles. The van der Waals surface area contributed by atoms with Gasteiger partial charge in [0.1, 0.15) is 17.4 Å². The number of para-hydroxylation sites is 2. The van der Waals surface area contributed by atoms with Crippen LogP contribution >= 0.6 is 15.9 Å². The molecule has 21 heavy (non-hydrogen) atoms. The van der Waals surface area contributed by atoms with Gasteiger partial charge < -0.3 is 10.1 Å². The lowest BCUT2D eigenvalue weighted by Crippen LogP contribution is -1.92. The summed E-state index contributed by atoms with van der Waals surface area (Å²) in [5.41, 5.74) is 2.25. The Kier molecular flexibility index (Phi) is 3.46. The maximum Gasteiger partial charge on any atom is 0.153 e. The van der Waals surface area contributed by atoms with Crippen LogP contribution in [0.1, 0.15) is 11.4 Å². The number of imidazole rings is 1. The van der Waals surface area contributed by atoms with Gasteiger partial charge in [-0.05, 0) is 24.3 Å². The van der Waals surface area contributed by atoms with Crippen LogP contribution in [0.2, 0.25) is 0 Å². The average Bonchev–Trinajstić information content (AvgIpc) is 2.91. The monoisotopic (exact) mass is 339 g/mol. The zero-order valence-electron chi connectivity index (χ0n) is 10.8. The Hall–Kier alpha value is -2.58. The van der Waals surface area contributed by atoms with Gasteiger partial charge in [0.15, 0.2) is 5.82 Å². The summed E-state index contributed by atoms with van der Waals surface area (Å²) in [6, 6.07) is 16.6. The molecule has 0 aliphatic heterocycles. The van der Waals surface area contributed by atoms with Crippen molar-refractivity contribution in [1.29, 1.82) is 5.26 Å². The Morgan fingerprint density at radius 3 is 2.71 bits per heavy atom. The van der Waals surface area contributed by atoms with Crippen LogP contribution in [-0.4, -0.2) is 15.1 Å². The van der Waals surface area contributed by atoms with Crippen molar-refractivity contribution >= 4 is 38.3 Å². The van der Waals surface area contributed by atoms with E-state index in [1.807, 2.05) is 36.4 Å². The van der Waals surface area contributed by atoms with Gasteiger partial charge in [-0.1, -0.05) is 40.2 Å². The molecule has 1 aromatic heterocycles. The third kappa shape index (κ3) is 2.54. The second-order valence-corrected chi connectivity index (χ2v) is 5.36. The first-order valence-corrected chi connectivity index (χ1v) is 7.03. The van der Waals surface area contributed by atoms with Crippen molar-refractivity contribution in [3.8, 4) is 6.07 Å². The predicted molar refractivity (Wildman–Crippen MR) is 85.3 cm³/mol. The highest BCUT2D eigenvalue weighted by Gasteiger charge is 2.14. The fourth-order valence-corrected chi connectivity index (χ4v) is 2.47. The highest BCUT2D eigenvalue weighted by Crippen LogP contribution is 2.25. The molecule has 0 bridgehead atoms. The molecule has 0 amide bonds. The van der Waals surface area contributed by atoms with E-state index >= 15 is 0 Å². The molecule has 0 fully saturated rings. The van der Waals surface area contributed by atoms with Crippen LogP contribution in [0.5, 0.6) is 0 Å². The average molecular weight is 340 g/mol. The molecular formula is C16H10BrN3O. The van der Waals surface area contributed by atoms with Gasteiger partial charge in [-0.15, -0.1) is 0 Å². The minimum Gasteiger partial charge on any atom is -0.506 e. The summed E-state index contributed by atoms with van der Waals surface area (Å²) in [6.07, 6.45) is 0. The first-order chi connectivity index (χ1) is 10.2. The van der Waals surface area contributed by atoms with Crippen molar-refractivity contribution in [2.75, 3.05) is 0 Å². The number of H-pyrrole nitrogens is 1. The van der Waals surface area contributed by atoms with Crippen molar-refractivity contribution in [3.05, 3.63) is 64.4 Å². The number of nitrogens with one attached hydrogen (secondary N) is 1. The minimum atomic E-state index is -0.0992. The lowest BCUT2D eigenvalue weighted by Gasteiger charge is -2.03. The first-order valence-electron chi connectivity index (χ1n) is 6.23. The van der Waals surface area contributed by atoms with Crippen molar-refractivity contribution in [1.82, 2.24) is 9.97 Å². The molecule has 0 aliphatic rings. The quantitative estimate of drug-likeness (QED) is 0.540. The van der Waals surface area contributed by atoms with E-state index in [0.717, 1.165) is 15.5 Å². The minimum absolute atomic E-state index is 0.0992. The van der Waals surface area contributed by atoms with E-state index in [-0.39, 0.29) is 11.3 Å². The van der Waals surface area contributed by atoms with E-state index in [1.54, 1.807) is 18.2 Å². The van der Waals surface area contributed by atoms with Crippen LogP contribution in [0.25, 0.3) is 22.4 Å². The van der Waals surface area contributed by atoms with E-state index in [9.17, 15) is 10.4 Å². The maximum absolute atomic E-state index is 10.4. The van der Waals surface area contributed by atoms with Crippen LogP contribution in [0.3, 0.4) is 0 Å². The van der Waals surface area contributed by atoms with Crippen molar-refractivity contribution < 1.29 is 5.11 Å². The van der Waals surface area contributed by atoms with Crippen LogP contribution < -0.4 is 0 Å². The van der Waals surface area contributed by atoms with Gasteiger partial charge in [-0.25, -0.2) is 4.98 Å². The number of nitrogens with zero attached hydrogens (tertiary/aromatic N) is 2. The zero-order chi connectivity index (χ0) is 14.8. The van der Waals surface area contributed by atoms with Crippen LogP contribution in [0.4, 0.5) is 0 Å². The molecule has 0 saturated carbocycles. The molecule has 3 aromatic rings.